The van der Waals surface area contributed by atoms with Crippen LogP contribution in [0.3, 0.4) is 0 Å². The molecule has 1 aromatic rings. The van der Waals surface area contributed by atoms with Crippen molar-refractivity contribution in [1.82, 2.24) is 0 Å². The summed E-state index contributed by atoms with van der Waals surface area (Å²) in [7, 11) is 2.47. The highest BCUT2D eigenvalue weighted by Gasteiger charge is 2.17. The minimum absolute atomic E-state index is 0.0219. The Hall–Kier alpha value is -2.26. The van der Waals surface area contributed by atoms with Gasteiger partial charge in [-0.2, -0.15) is 0 Å². The van der Waals surface area contributed by atoms with Gasteiger partial charge in [-0.05, 0) is 0 Å². The van der Waals surface area contributed by atoms with Crippen LogP contribution in [0.2, 0.25) is 5.02 Å². The molecule has 6 nitrogen and oxygen atoms in total. The van der Waals surface area contributed by atoms with Crippen LogP contribution < -0.4 is 4.74 Å². The lowest BCUT2D eigenvalue weighted by atomic mass is 10.2. The van der Waals surface area contributed by atoms with Gasteiger partial charge in [0.15, 0.2) is 5.75 Å². The molecule has 7 heteroatoms. The normalized spacial score (nSPS) is 9.06. The van der Waals surface area contributed by atoms with Crippen molar-refractivity contribution in [2.24, 2.45) is 0 Å². The zero-order chi connectivity index (χ0) is 13.7. The maximum Gasteiger partial charge on any atom is 0.384 e. The molecule has 1 aromatic carbocycles. The Labute approximate surface area is 108 Å². The molecule has 0 aromatic heterocycles. The highest BCUT2D eigenvalue weighted by atomic mass is 35.5. The van der Waals surface area contributed by atoms with Gasteiger partial charge in [0.2, 0.25) is 0 Å². The predicted molar refractivity (Wildman–Crippen MR) is 63.6 cm³/mol. The smallest absolute Gasteiger partial charge is 0.384 e. The molecule has 0 fully saturated rings. The number of esters is 1. The molecular weight excluding hydrogens is 262 g/mol. The molecule has 0 spiro atoms. The first-order chi connectivity index (χ1) is 8.49. The summed E-state index contributed by atoms with van der Waals surface area (Å²) in [6.07, 6.45) is 0. The Kier molecular flexibility index (Phi) is 4.52. The molecule has 0 aliphatic carbocycles. The second-order valence-electron chi connectivity index (χ2n) is 3.00. The quantitative estimate of drug-likeness (QED) is 0.354. The Morgan fingerprint density at radius 1 is 1.44 bits per heavy atom. The van der Waals surface area contributed by atoms with Crippen molar-refractivity contribution < 1.29 is 19.2 Å². The molecule has 0 saturated heterocycles. The van der Waals surface area contributed by atoms with Crippen LogP contribution >= 0.6 is 11.6 Å². The number of carbonyl (C=O) groups is 1. The SMILES string of the molecule is COC(=O)C#Cc1cc([N+](=O)[O-])c(OC)cc1Cl. The number of carbonyl (C=O) groups excluding carboxylic acids is 1. The van der Waals surface area contributed by atoms with Crippen LogP contribution in [0.1, 0.15) is 5.56 Å². The summed E-state index contributed by atoms with van der Waals surface area (Å²) in [4.78, 5) is 21.0. The molecule has 0 radical (unpaired) electrons. The molecule has 0 bridgehead atoms. The molecule has 0 N–H and O–H groups in total. The summed E-state index contributed by atoms with van der Waals surface area (Å²) in [5.74, 6) is 3.79. The van der Waals surface area contributed by atoms with E-state index < -0.39 is 10.9 Å². The van der Waals surface area contributed by atoms with Crippen LogP contribution in [-0.4, -0.2) is 25.1 Å². The van der Waals surface area contributed by atoms with E-state index in [1.807, 2.05) is 0 Å². The van der Waals surface area contributed by atoms with Crippen molar-refractivity contribution in [3.8, 4) is 17.6 Å². The van der Waals surface area contributed by atoms with Gasteiger partial charge in [0, 0.05) is 18.1 Å². The van der Waals surface area contributed by atoms with Gasteiger partial charge in [-0.3, -0.25) is 10.1 Å². The van der Waals surface area contributed by atoms with E-state index in [2.05, 4.69) is 16.6 Å². The summed E-state index contributed by atoms with van der Waals surface area (Å²) in [6.45, 7) is 0. The number of halogens is 1. The second-order valence-corrected chi connectivity index (χ2v) is 3.41. The van der Waals surface area contributed by atoms with Crippen molar-refractivity contribution in [2.75, 3.05) is 14.2 Å². The standard InChI is InChI=1S/C11H8ClNO5/c1-17-10-6-8(12)7(3-4-11(14)18-2)5-9(10)13(15)16/h5-6H,1-2H3. The third-order valence-corrected chi connectivity index (χ3v) is 2.26. The molecule has 1 rings (SSSR count). The van der Waals surface area contributed by atoms with Gasteiger partial charge >= 0.3 is 11.7 Å². The van der Waals surface area contributed by atoms with Gasteiger partial charge in [-0.25, -0.2) is 4.79 Å². The van der Waals surface area contributed by atoms with Gasteiger partial charge in [0.05, 0.1) is 29.7 Å². The summed E-state index contributed by atoms with van der Waals surface area (Å²) in [6, 6.07) is 2.40. The number of rotatable bonds is 2. The Balaban J connectivity index is 3.28. The molecule has 0 unspecified atom stereocenters. The maximum absolute atomic E-state index is 10.8. The van der Waals surface area contributed by atoms with E-state index in [0.717, 1.165) is 6.07 Å². The number of nitro groups is 1. The lowest BCUT2D eigenvalue weighted by Gasteiger charge is -2.03. The first-order valence-electron chi connectivity index (χ1n) is 4.61. The molecule has 0 aliphatic rings. The van der Waals surface area contributed by atoms with Gasteiger partial charge in [0.25, 0.3) is 0 Å². The lowest BCUT2D eigenvalue weighted by molar-refractivity contribution is -0.385. The van der Waals surface area contributed by atoms with Crippen LogP contribution in [0, 0.1) is 22.0 Å². The Morgan fingerprint density at radius 2 is 2.11 bits per heavy atom. The van der Waals surface area contributed by atoms with Crippen LogP contribution in [-0.2, 0) is 9.53 Å². The first kappa shape index (κ1) is 13.8. The summed E-state index contributed by atoms with van der Waals surface area (Å²) < 4.78 is 9.14. The van der Waals surface area contributed by atoms with E-state index in [-0.39, 0.29) is 22.0 Å². The second kappa shape index (κ2) is 5.89. The average molecular weight is 270 g/mol. The van der Waals surface area contributed by atoms with Gasteiger partial charge in [-0.15, -0.1) is 0 Å². The predicted octanol–water partition coefficient (Wildman–Crippen LogP) is 1.78. The lowest BCUT2D eigenvalue weighted by Crippen LogP contribution is -1.97. The highest BCUT2D eigenvalue weighted by Crippen LogP contribution is 2.32. The maximum atomic E-state index is 10.8. The third-order valence-electron chi connectivity index (χ3n) is 1.95. The van der Waals surface area contributed by atoms with Crippen molar-refractivity contribution in [3.63, 3.8) is 0 Å². The summed E-state index contributed by atoms with van der Waals surface area (Å²) in [5.41, 5.74) is -0.134. The number of nitro benzene ring substituents is 1. The van der Waals surface area contributed by atoms with Crippen molar-refractivity contribution in [1.29, 1.82) is 0 Å². The van der Waals surface area contributed by atoms with E-state index in [0.29, 0.717) is 0 Å². The van der Waals surface area contributed by atoms with Gasteiger partial charge in [0.1, 0.15) is 0 Å². The number of ether oxygens (including phenoxy) is 2. The van der Waals surface area contributed by atoms with Crippen molar-refractivity contribution in [3.05, 3.63) is 32.8 Å². The van der Waals surface area contributed by atoms with Gasteiger partial charge < -0.3 is 9.47 Å². The van der Waals surface area contributed by atoms with E-state index >= 15 is 0 Å². The Morgan fingerprint density at radius 3 is 2.61 bits per heavy atom. The molecule has 18 heavy (non-hydrogen) atoms. The zero-order valence-electron chi connectivity index (χ0n) is 9.52. The number of nitrogens with zero attached hydrogens (tertiary/aromatic N) is 1. The molecule has 0 aliphatic heterocycles. The third kappa shape index (κ3) is 3.12. The molecule has 0 amide bonds. The fourth-order valence-corrected chi connectivity index (χ4v) is 1.32. The highest BCUT2D eigenvalue weighted by molar-refractivity contribution is 6.32. The van der Waals surface area contributed by atoms with Crippen LogP contribution in [0.4, 0.5) is 5.69 Å². The van der Waals surface area contributed by atoms with Crippen LogP contribution in [0.5, 0.6) is 5.75 Å². The number of hydrogen-bond donors (Lipinski definition) is 0. The topological polar surface area (TPSA) is 78.7 Å². The van der Waals surface area contributed by atoms with E-state index in [4.69, 9.17) is 16.3 Å². The molecule has 0 saturated carbocycles. The van der Waals surface area contributed by atoms with Crippen LogP contribution in [0.25, 0.3) is 0 Å². The number of benzene rings is 1. The molecule has 0 heterocycles. The van der Waals surface area contributed by atoms with Gasteiger partial charge in [-0.1, -0.05) is 17.5 Å². The first-order valence-corrected chi connectivity index (χ1v) is 4.99. The van der Waals surface area contributed by atoms with E-state index in [1.165, 1.54) is 20.3 Å². The van der Waals surface area contributed by atoms with Crippen molar-refractivity contribution >= 4 is 23.3 Å². The number of hydrogen-bond acceptors (Lipinski definition) is 5. The molecule has 0 atom stereocenters. The minimum atomic E-state index is -0.760. The fraction of sp³-hybridized carbons (Fsp3) is 0.182. The van der Waals surface area contributed by atoms with E-state index in [9.17, 15) is 14.9 Å². The Bertz CT molecular complexity index is 559. The summed E-state index contributed by atoms with van der Waals surface area (Å²) >= 11 is 5.85. The number of methoxy groups -OCH3 is 2. The largest absolute Gasteiger partial charge is 0.490 e. The van der Waals surface area contributed by atoms with Crippen molar-refractivity contribution in [2.45, 2.75) is 0 Å². The molecule has 94 valence electrons. The fourth-order valence-electron chi connectivity index (χ4n) is 1.11. The zero-order valence-corrected chi connectivity index (χ0v) is 10.3. The minimum Gasteiger partial charge on any atom is -0.490 e. The molecular formula is C11H8ClNO5. The summed E-state index contributed by atoms with van der Waals surface area (Å²) in [5, 5.41) is 10.9. The van der Waals surface area contributed by atoms with E-state index in [1.54, 1.807) is 0 Å². The monoisotopic (exact) mass is 269 g/mol. The van der Waals surface area contributed by atoms with Crippen LogP contribution in [0.15, 0.2) is 12.1 Å². The average Bonchev–Trinajstić information content (AvgIpc) is 2.35.